The van der Waals surface area contributed by atoms with Gasteiger partial charge in [0.1, 0.15) is 6.10 Å². The first kappa shape index (κ1) is 13.4. The molecule has 0 amide bonds. The average Bonchev–Trinajstić information content (AvgIpc) is 2.63. The van der Waals surface area contributed by atoms with E-state index in [-0.39, 0.29) is 11.8 Å². The molecule has 5 rings (SSSR count). The molecule has 0 radical (unpaired) electrons. The van der Waals surface area contributed by atoms with E-state index in [1.807, 2.05) is 6.92 Å². The van der Waals surface area contributed by atoms with Gasteiger partial charge in [-0.25, -0.2) is 9.78 Å². The third-order valence-corrected chi connectivity index (χ3v) is 5.74. The molecule has 2 bridgehead atoms. The van der Waals surface area contributed by atoms with E-state index < -0.39 is 30.1 Å². The summed E-state index contributed by atoms with van der Waals surface area (Å²) in [4.78, 5) is 11.4. The lowest BCUT2D eigenvalue weighted by Crippen LogP contribution is -2.72. The Morgan fingerprint density at radius 2 is 1.85 bits per heavy atom. The molecule has 4 heterocycles. The summed E-state index contributed by atoms with van der Waals surface area (Å²) in [5.74, 6) is -0.398. The Morgan fingerprint density at radius 3 is 2.65 bits per heavy atom. The van der Waals surface area contributed by atoms with E-state index in [0.717, 1.165) is 25.7 Å². The SMILES string of the molecule is C[C@@H]1CC[C@H]2[C@H](O)[C@@H](O)O[C@@H]3O[C@@]4(C)CC[C@@H]1[C@]32OO4. The van der Waals surface area contributed by atoms with Crippen LogP contribution in [0.15, 0.2) is 0 Å². The largest absolute Gasteiger partial charge is 0.387 e. The third-order valence-electron chi connectivity index (χ3n) is 5.74. The van der Waals surface area contributed by atoms with Crippen molar-refractivity contribution >= 4 is 0 Å². The van der Waals surface area contributed by atoms with Crippen LogP contribution in [0, 0.1) is 17.8 Å². The van der Waals surface area contributed by atoms with Crippen molar-refractivity contribution < 1.29 is 29.5 Å². The Morgan fingerprint density at radius 1 is 1.05 bits per heavy atom. The lowest BCUT2D eigenvalue weighted by molar-refractivity contribution is -0.577. The number of rotatable bonds is 0. The minimum Gasteiger partial charge on any atom is -0.387 e. The van der Waals surface area contributed by atoms with Crippen LogP contribution < -0.4 is 0 Å². The molecule has 0 aromatic rings. The Kier molecular flexibility index (Phi) is 2.79. The van der Waals surface area contributed by atoms with Crippen LogP contribution in [-0.4, -0.2) is 40.3 Å². The van der Waals surface area contributed by atoms with Crippen molar-refractivity contribution in [3.63, 3.8) is 0 Å². The maximum Gasteiger partial charge on any atom is 0.201 e. The molecular formula is C14H22O6. The number of ether oxygens (including phenoxy) is 2. The van der Waals surface area contributed by atoms with E-state index in [1.165, 1.54) is 0 Å². The van der Waals surface area contributed by atoms with Gasteiger partial charge < -0.3 is 19.7 Å². The smallest absolute Gasteiger partial charge is 0.201 e. The second kappa shape index (κ2) is 4.15. The molecule has 4 saturated heterocycles. The minimum absolute atomic E-state index is 0.206. The van der Waals surface area contributed by atoms with Crippen molar-refractivity contribution in [2.75, 3.05) is 0 Å². The maximum atomic E-state index is 10.3. The number of aliphatic hydroxyl groups is 2. The van der Waals surface area contributed by atoms with Crippen molar-refractivity contribution in [1.29, 1.82) is 0 Å². The average molecular weight is 286 g/mol. The standard InChI is InChI=1S/C14H22O6/c1-7-3-4-9-10(15)11(16)17-12-14(9)8(7)5-6-13(2,18-12)19-20-14/h7-12,15-16H,3-6H2,1-2H3/t7-,8+,9+,10+,11+,12-,13-,14-/m1/s1. The number of aliphatic hydroxyl groups excluding tert-OH is 2. The number of fused-ring (bicyclic) bond motifs is 2. The van der Waals surface area contributed by atoms with Crippen molar-refractivity contribution in [2.45, 2.75) is 69.6 Å². The van der Waals surface area contributed by atoms with Gasteiger partial charge >= 0.3 is 0 Å². The molecule has 4 aliphatic heterocycles. The molecule has 1 spiro atoms. The lowest BCUT2D eigenvalue weighted by Gasteiger charge is -2.59. The van der Waals surface area contributed by atoms with Gasteiger partial charge in [0, 0.05) is 12.3 Å². The van der Waals surface area contributed by atoms with Crippen LogP contribution >= 0.6 is 0 Å². The summed E-state index contributed by atoms with van der Waals surface area (Å²) in [7, 11) is 0. The summed E-state index contributed by atoms with van der Waals surface area (Å²) in [6.45, 7) is 4.03. The summed E-state index contributed by atoms with van der Waals surface area (Å²) in [6, 6.07) is 0. The summed E-state index contributed by atoms with van der Waals surface area (Å²) in [5.41, 5.74) is -0.799. The summed E-state index contributed by atoms with van der Waals surface area (Å²) in [5, 5.41) is 20.3. The van der Waals surface area contributed by atoms with Gasteiger partial charge in [0.05, 0.1) is 0 Å². The molecular weight excluding hydrogens is 264 g/mol. The quantitative estimate of drug-likeness (QED) is 0.645. The van der Waals surface area contributed by atoms with Crippen molar-refractivity contribution in [1.82, 2.24) is 0 Å². The monoisotopic (exact) mass is 286 g/mol. The second-order valence-electron chi connectivity index (χ2n) is 6.93. The summed E-state index contributed by atoms with van der Waals surface area (Å²) >= 11 is 0. The topological polar surface area (TPSA) is 77.4 Å². The zero-order chi connectivity index (χ0) is 14.1. The molecule has 6 nitrogen and oxygen atoms in total. The Bertz CT molecular complexity index is 412. The first-order valence-electron chi connectivity index (χ1n) is 7.52. The van der Waals surface area contributed by atoms with Gasteiger partial charge in [-0.3, -0.25) is 0 Å². The van der Waals surface area contributed by atoms with Crippen LogP contribution in [0.3, 0.4) is 0 Å². The highest BCUT2D eigenvalue weighted by molar-refractivity contribution is 5.09. The lowest BCUT2D eigenvalue weighted by atomic mass is 9.60. The molecule has 5 fully saturated rings. The zero-order valence-corrected chi connectivity index (χ0v) is 11.8. The second-order valence-corrected chi connectivity index (χ2v) is 6.93. The van der Waals surface area contributed by atoms with E-state index in [4.69, 9.17) is 19.2 Å². The first-order chi connectivity index (χ1) is 9.46. The first-order valence-corrected chi connectivity index (χ1v) is 7.52. The zero-order valence-electron chi connectivity index (χ0n) is 11.8. The normalized spacial score (nSPS) is 61.8. The van der Waals surface area contributed by atoms with Crippen molar-refractivity contribution in [3.05, 3.63) is 0 Å². The molecule has 1 saturated carbocycles. The Balaban J connectivity index is 1.82. The molecule has 5 aliphatic rings. The van der Waals surface area contributed by atoms with Gasteiger partial charge in [-0.1, -0.05) is 6.92 Å². The maximum absolute atomic E-state index is 10.3. The van der Waals surface area contributed by atoms with Crippen LogP contribution in [0.1, 0.15) is 39.5 Å². The predicted octanol–water partition coefficient (Wildman–Crippen LogP) is 0.911. The molecule has 8 atom stereocenters. The van der Waals surface area contributed by atoms with E-state index in [2.05, 4.69) is 6.92 Å². The van der Waals surface area contributed by atoms with Crippen LogP contribution in [0.5, 0.6) is 0 Å². The molecule has 0 aromatic carbocycles. The molecule has 2 N–H and O–H groups in total. The molecule has 114 valence electrons. The highest BCUT2D eigenvalue weighted by Crippen LogP contribution is 2.59. The van der Waals surface area contributed by atoms with E-state index >= 15 is 0 Å². The summed E-state index contributed by atoms with van der Waals surface area (Å²) in [6.07, 6.45) is 0.554. The highest BCUT2D eigenvalue weighted by atomic mass is 17.3. The minimum atomic E-state index is -1.23. The Labute approximate surface area is 117 Å². The van der Waals surface area contributed by atoms with Crippen LogP contribution in [0.25, 0.3) is 0 Å². The van der Waals surface area contributed by atoms with E-state index in [1.54, 1.807) is 0 Å². The fraction of sp³-hybridized carbons (Fsp3) is 1.00. The van der Waals surface area contributed by atoms with E-state index in [9.17, 15) is 10.2 Å². The van der Waals surface area contributed by atoms with Gasteiger partial charge in [-0.05, 0) is 38.0 Å². The van der Waals surface area contributed by atoms with Gasteiger partial charge in [0.2, 0.25) is 5.79 Å². The van der Waals surface area contributed by atoms with Gasteiger partial charge in [-0.15, -0.1) is 0 Å². The fourth-order valence-corrected chi connectivity index (χ4v) is 4.61. The highest BCUT2D eigenvalue weighted by Gasteiger charge is 2.69. The van der Waals surface area contributed by atoms with Crippen LogP contribution in [0.2, 0.25) is 0 Å². The number of hydrogen-bond acceptors (Lipinski definition) is 6. The predicted molar refractivity (Wildman–Crippen MR) is 65.9 cm³/mol. The van der Waals surface area contributed by atoms with Crippen molar-refractivity contribution in [2.24, 2.45) is 17.8 Å². The fourth-order valence-electron chi connectivity index (χ4n) is 4.61. The molecule has 0 unspecified atom stereocenters. The molecule has 1 aliphatic carbocycles. The molecule has 6 heteroatoms. The van der Waals surface area contributed by atoms with Gasteiger partial charge in [0.15, 0.2) is 18.2 Å². The van der Waals surface area contributed by atoms with Crippen molar-refractivity contribution in [3.8, 4) is 0 Å². The number of hydrogen-bond donors (Lipinski definition) is 2. The molecule has 0 aromatic heterocycles. The van der Waals surface area contributed by atoms with E-state index in [0.29, 0.717) is 5.92 Å². The van der Waals surface area contributed by atoms with Crippen LogP contribution in [-0.2, 0) is 19.2 Å². The van der Waals surface area contributed by atoms with Crippen LogP contribution in [0.4, 0.5) is 0 Å². The van der Waals surface area contributed by atoms with Gasteiger partial charge in [0.25, 0.3) is 0 Å². The Hall–Kier alpha value is -0.240. The summed E-state index contributed by atoms with van der Waals surface area (Å²) < 4.78 is 11.5. The molecule has 20 heavy (non-hydrogen) atoms. The van der Waals surface area contributed by atoms with Gasteiger partial charge in [-0.2, -0.15) is 0 Å². The third kappa shape index (κ3) is 1.55.